The third-order valence-electron chi connectivity index (χ3n) is 2.16. The van der Waals surface area contributed by atoms with Gasteiger partial charge >= 0.3 is 5.97 Å². The summed E-state index contributed by atoms with van der Waals surface area (Å²) in [5.74, 6) is -1.85. The fourth-order valence-electron chi connectivity index (χ4n) is 1.60. The first-order valence-corrected chi connectivity index (χ1v) is 4.12. The van der Waals surface area contributed by atoms with Crippen molar-refractivity contribution in [2.24, 2.45) is 0 Å². The van der Waals surface area contributed by atoms with Gasteiger partial charge in [0.15, 0.2) is 0 Å². The summed E-state index contributed by atoms with van der Waals surface area (Å²) >= 11 is 0. The minimum absolute atomic E-state index is 0.242. The number of aliphatic hydroxyl groups is 1. The van der Waals surface area contributed by atoms with E-state index in [-0.39, 0.29) is 12.4 Å². The number of carbonyl (C=O) groups excluding carboxylic acids is 1. The molecule has 0 saturated heterocycles. The molecule has 0 aromatic heterocycles. The highest BCUT2D eigenvalue weighted by Gasteiger charge is 2.34. The Hall–Kier alpha value is -1.35. The molecule has 0 bridgehead atoms. The first-order valence-electron chi connectivity index (χ1n) is 4.12. The highest BCUT2D eigenvalue weighted by Crippen LogP contribution is 2.30. The molecule has 1 aliphatic heterocycles. The lowest BCUT2D eigenvalue weighted by Gasteiger charge is -2.30. The second-order valence-corrected chi connectivity index (χ2v) is 3.29. The molecule has 68 valence electrons. The van der Waals surface area contributed by atoms with Gasteiger partial charge in [-0.1, -0.05) is 24.3 Å². The van der Waals surface area contributed by atoms with Gasteiger partial charge in [-0.05, 0) is 5.56 Å². The van der Waals surface area contributed by atoms with E-state index in [1.165, 1.54) is 6.92 Å². The van der Waals surface area contributed by atoms with Gasteiger partial charge in [0.25, 0.3) is 0 Å². The molecular formula is C10H10O3. The summed E-state index contributed by atoms with van der Waals surface area (Å²) in [6.07, 6.45) is 0.242. The van der Waals surface area contributed by atoms with Crippen LogP contribution in [0.3, 0.4) is 0 Å². The maximum Gasteiger partial charge on any atom is 0.313 e. The largest absolute Gasteiger partial charge is 0.429 e. The van der Waals surface area contributed by atoms with E-state index in [1.54, 1.807) is 6.07 Å². The van der Waals surface area contributed by atoms with E-state index in [4.69, 9.17) is 4.74 Å². The van der Waals surface area contributed by atoms with Crippen LogP contribution in [0.4, 0.5) is 0 Å². The molecule has 0 aliphatic carbocycles. The molecule has 3 heteroatoms. The first-order chi connectivity index (χ1) is 6.09. The summed E-state index contributed by atoms with van der Waals surface area (Å²) in [6.45, 7) is 1.48. The van der Waals surface area contributed by atoms with Crippen LogP contribution in [0.1, 0.15) is 18.1 Å². The third kappa shape index (κ3) is 1.31. The first kappa shape index (κ1) is 8.26. The predicted octanol–water partition coefficient (Wildman–Crippen LogP) is 0.951. The topological polar surface area (TPSA) is 46.5 Å². The number of benzene rings is 1. The summed E-state index contributed by atoms with van der Waals surface area (Å²) in [6, 6.07) is 7.24. The van der Waals surface area contributed by atoms with Gasteiger partial charge in [-0.15, -0.1) is 0 Å². The number of hydrogen-bond acceptors (Lipinski definition) is 3. The molecule has 0 saturated carbocycles. The Morgan fingerprint density at radius 1 is 1.46 bits per heavy atom. The van der Waals surface area contributed by atoms with E-state index in [9.17, 15) is 9.90 Å². The van der Waals surface area contributed by atoms with Crippen molar-refractivity contribution in [1.29, 1.82) is 0 Å². The van der Waals surface area contributed by atoms with Gasteiger partial charge in [0, 0.05) is 12.5 Å². The normalized spacial score (nSPS) is 26.5. The fraction of sp³-hybridized carbons (Fsp3) is 0.300. The molecule has 1 atom stereocenters. The third-order valence-corrected chi connectivity index (χ3v) is 2.16. The molecule has 1 N–H and O–H groups in total. The SMILES string of the molecule is CC1(O)OC(=O)Cc2ccccc21. The number of hydrogen-bond donors (Lipinski definition) is 1. The summed E-state index contributed by atoms with van der Waals surface area (Å²) in [5, 5.41) is 9.75. The smallest absolute Gasteiger partial charge is 0.313 e. The Balaban J connectivity index is 2.56. The molecule has 0 amide bonds. The second-order valence-electron chi connectivity index (χ2n) is 3.29. The van der Waals surface area contributed by atoms with E-state index in [0.29, 0.717) is 5.56 Å². The van der Waals surface area contributed by atoms with Crippen LogP contribution in [0.5, 0.6) is 0 Å². The Labute approximate surface area is 76.0 Å². The monoisotopic (exact) mass is 178 g/mol. The minimum atomic E-state index is -1.47. The maximum atomic E-state index is 11.1. The number of ether oxygens (including phenoxy) is 1. The van der Waals surface area contributed by atoms with E-state index < -0.39 is 5.79 Å². The van der Waals surface area contributed by atoms with Crippen LogP contribution in [0, 0.1) is 0 Å². The van der Waals surface area contributed by atoms with Crippen LogP contribution < -0.4 is 0 Å². The molecule has 3 nitrogen and oxygen atoms in total. The standard InChI is InChI=1S/C10H10O3/c1-10(12)8-5-3-2-4-7(8)6-9(11)13-10/h2-5,12H,6H2,1H3. The van der Waals surface area contributed by atoms with Crippen molar-refractivity contribution in [2.75, 3.05) is 0 Å². The summed E-state index contributed by atoms with van der Waals surface area (Å²) in [4.78, 5) is 11.1. The predicted molar refractivity (Wildman–Crippen MR) is 45.8 cm³/mol. The van der Waals surface area contributed by atoms with Gasteiger partial charge in [0.1, 0.15) is 0 Å². The van der Waals surface area contributed by atoms with Crippen molar-refractivity contribution in [1.82, 2.24) is 0 Å². The molecule has 1 aromatic rings. The summed E-state index contributed by atoms with van der Waals surface area (Å²) < 4.78 is 4.82. The zero-order chi connectivity index (χ0) is 9.47. The van der Waals surface area contributed by atoms with Crippen molar-refractivity contribution in [2.45, 2.75) is 19.1 Å². The van der Waals surface area contributed by atoms with Gasteiger partial charge < -0.3 is 9.84 Å². The van der Waals surface area contributed by atoms with Crippen LogP contribution >= 0.6 is 0 Å². The van der Waals surface area contributed by atoms with Gasteiger partial charge in [0.2, 0.25) is 5.79 Å². The molecule has 2 rings (SSSR count). The number of esters is 1. The molecule has 0 spiro atoms. The molecular weight excluding hydrogens is 168 g/mol. The molecule has 13 heavy (non-hydrogen) atoms. The lowest BCUT2D eigenvalue weighted by molar-refractivity contribution is -0.210. The Bertz CT molecular complexity index is 355. The van der Waals surface area contributed by atoms with Gasteiger partial charge in [0.05, 0.1) is 6.42 Å². The fourth-order valence-corrected chi connectivity index (χ4v) is 1.60. The van der Waals surface area contributed by atoms with E-state index in [2.05, 4.69) is 0 Å². The highest BCUT2D eigenvalue weighted by atomic mass is 16.7. The van der Waals surface area contributed by atoms with Crippen LogP contribution in [0.2, 0.25) is 0 Å². The average Bonchev–Trinajstić information content (AvgIpc) is 2.02. The average molecular weight is 178 g/mol. The number of carbonyl (C=O) groups is 1. The molecule has 1 heterocycles. The van der Waals surface area contributed by atoms with Crippen molar-refractivity contribution in [3.63, 3.8) is 0 Å². The van der Waals surface area contributed by atoms with Crippen molar-refractivity contribution in [3.05, 3.63) is 35.4 Å². The lowest BCUT2D eigenvalue weighted by atomic mass is 9.96. The molecule has 0 fully saturated rings. The molecule has 1 aromatic carbocycles. The van der Waals surface area contributed by atoms with Crippen LogP contribution in [0.15, 0.2) is 24.3 Å². The Kier molecular flexibility index (Phi) is 1.63. The minimum Gasteiger partial charge on any atom is -0.429 e. The van der Waals surface area contributed by atoms with Crippen LogP contribution in [-0.4, -0.2) is 11.1 Å². The van der Waals surface area contributed by atoms with E-state index in [0.717, 1.165) is 5.56 Å². The van der Waals surface area contributed by atoms with Crippen molar-refractivity contribution < 1.29 is 14.6 Å². The maximum absolute atomic E-state index is 11.1. The Morgan fingerprint density at radius 3 is 2.92 bits per heavy atom. The second kappa shape index (κ2) is 2.57. The van der Waals surface area contributed by atoms with Gasteiger partial charge in [-0.2, -0.15) is 0 Å². The number of cyclic esters (lactones) is 1. The van der Waals surface area contributed by atoms with Crippen LogP contribution in [-0.2, 0) is 21.7 Å². The number of rotatable bonds is 0. The molecule has 1 unspecified atom stereocenters. The molecule has 1 aliphatic rings. The quantitative estimate of drug-likeness (QED) is 0.602. The summed E-state index contributed by atoms with van der Waals surface area (Å²) in [7, 11) is 0. The number of fused-ring (bicyclic) bond motifs is 1. The molecule has 0 radical (unpaired) electrons. The lowest BCUT2D eigenvalue weighted by Crippen LogP contribution is -2.35. The summed E-state index contributed by atoms with van der Waals surface area (Å²) in [5.41, 5.74) is 1.51. The highest BCUT2D eigenvalue weighted by molar-refractivity contribution is 5.75. The van der Waals surface area contributed by atoms with E-state index >= 15 is 0 Å². The van der Waals surface area contributed by atoms with Crippen molar-refractivity contribution >= 4 is 5.97 Å². The van der Waals surface area contributed by atoms with Gasteiger partial charge in [-0.3, -0.25) is 4.79 Å². The zero-order valence-electron chi connectivity index (χ0n) is 7.28. The Morgan fingerprint density at radius 2 is 2.15 bits per heavy atom. The van der Waals surface area contributed by atoms with Gasteiger partial charge in [-0.25, -0.2) is 0 Å². The van der Waals surface area contributed by atoms with E-state index in [1.807, 2.05) is 18.2 Å². The van der Waals surface area contributed by atoms with Crippen LogP contribution in [0.25, 0.3) is 0 Å². The van der Waals surface area contributed by atoms with Crippen molar-refractivity contribution in [3.8, 4) is 0 Å². The zero-order valence-corrected chi connectivity index (χ0v) is 7.28.